The fraction of sp³-hybridized carbons (Fsp3) is 0.364. The van der Waals surface area contributed by atoms with Crippen molar-refractivity contribution in [1.29, 1.82) is 0 Å². The molecule has 2 heterocycles. The molecule has 1 aromatic heterocycles. The van der Waals surface area contributed by atoms with E-state index in [0.29, 0.717) is 0 Å². The van der Waals surface area contributed by atoms with Crippen LogP contribution >= 0.6 is 0 Å². The van der Waals surface area contributed by atoms with Gasteiger partial charge in [-0.15, -0.1) is 0 Å². The highest BCUT2D eigenvalue weighted by atomic mass is 16.4. The van der Waals surface area contributed by atoms with Gasteiger partial charge < -0.3 is 15.3 Å². The molecule has 0 aromatic carbocycles. The molecule has 0 unspecified atom stereocenters. The number of rotatable bonds is 5. The lowest BCUT2D eigenvalue weighted by Gasteiger charge is -2.13. The van der Waals surface area contributed by atoms with Crippen LogP contribution in [0, 0.1) is 0 Å². The van der Waals surface area contributed by atoms with Crippen LogP contribution in [0.2, 0.25) is 0 Å². The lowest BCUT2D eigenvalue weighted by molar-refractivity contribution is -0.137. The molecule has 0 aliphatic carbocycles. The number of aliphatic carboxylic acids is 1. The van der Waals surface area contributed by atoms with Crippen LogP contribution in [0.3, 0.4) is 0 Å². The zero-order chi connectivity index (χ0) is 15.6. The third kappa shape index (κ3) is 3.35. The molecule has 0 spiro atoms. The molecule has 0 radical (unpaired) electrons. The standard InChI is InChI=1S/C11H13N5O5/c1-14-5-9(18)16(11(14)21)4-8(17)13-7-2-12-15(3-7)6-10(19)20/h2-3H,4-6H2,1H3,(H,13,17)(H,19,20). The highest BCUT2D eigenvalue weighted by molar-refractivity contribution is 6.06. The van der Waals surface area contributed by atoms with E-state index in [4.69, 9.17) is 5.11 Å². The first-order chi connectivity index (χ1) is 9.86. The SMILES string of the molecule is CN1CC(=O)N(CC(=O)Nc2cnn(CC(=O)O)c2)C1=O. The number of carbonyl (C=O) groups is 4. The summed E-state index contributed by atoms with van der Waals surface area (Å²) in [5, 5.41) is 14.8. The van der Waals surface area contributed by atoms with Crippen LogP contribution in [0.5, 0.6) is 0 Å². The molecule has 10 heteroatoms. The summed E-state index contributed by atoms with van der Waals surface area (Å²) in [6.45, 7) is -0.779. The van der Waals surface area contributed by atoms with E-state index in [1.54, 1.807) is 0 Å². The molecular formula is C11H13N5O5. The number of hydrogen-bond acceptors (Lipinski definition) is 5. The summed E-state index contributed by atoms with van der Waals surface area (Å²) in [4.78, 5) is 47.4. The third-order valence-electron chi connectivity index (χ3n) is 2.75. The number of carboxylic acid groups (broad SMARTS) is 1. The maximum absolute atomic E-state index is 11.8. The van der Waals surface area contributed by atoms with Crippen LogP contribution in [-0.4, -0.2) is 68.6 Å². The van der Waals surface area contributed by atoms with Gasteiger partial charge in [-0.25, -0.2) is 4.79 Å². The van der Waals surface area contributed by atoms with Gasteiger partial charge in [-0.05, 0) is 0 Å². The summed E-state index contributed by atoms with van der Waals surface area (Å²) >= 11 is 0. The topological polar surface area (TPSA) is 125 Å². The quantitative estimate of drug-likeness (QED) is 0.657. The van der Waals surface area contributed by atoms with Crippen molar-refractivity contribution in [1.82, 2.24) is 19.6 Å². The van der Waals surface area contributed by atoms with Gasteiger partial charge in [-0.2, -0.15) is 5.10 Å². The minimum absolute atomic E-state index is 0.0529. The number of aromatic nitrogens is 2. The number of hydrogen-bond donors (Lipinski definition) is 2. The Morgan fingerprint density at radius 3 is 2.67 bits per heavy atom. The fourth-order valence-electron chi connectivity index (χ4n) is 1.82. The van der Waals surface area contributed by atoms with Gasteiger partial charge >= 0.3 is 12.0 Å². The van der Waals surface area contributed by atoms with Gasteiger partial charge in [0.05, 0.1) is 11.9 Å². The molecule has 0 bridgehead atoms. The number of carboxylic acids is 1. The first-order valence-electron chi connectivity index (χ1n) is 5.96. The summed E-state index contributed by atoms with van der Waals surface area (Å²) in [5.41, 5.74) is 0.286. The van der Waals surface area contributed by atoms with Gasteiger partial charge in [0.25, 0.3) is 5.91 Å². The minimum Gasteiger partial charge on any atom is -0.480 e. The molecule has 1 aromatic rings. The van der Waals surface area contributed by atoms with E-state index in [1.165, 1.54) is 24.3 Å². The van der Waals surface area contributed by atoms with E-state index in [0.717, 1.165) is 9.58 Å². The predicted octanol–water partition coefficient (Wildman–Crippen LogP) is -1.20. The first-order valence-corrected chi connectivity index (χ1v) is 5.96. The molecule has 2 rings (SSSR count). The van der Waals surface area contributed by atoms with Gasteiger partial charge in [-0.1, -0.05) is 0 Å². The number of nitrogens with one attached hydrogen (secondary N) is 1. The van der Waals surface area contributed by atoms with Crippen molar-refractivity contribution in [2.75, 3.05) is 25.5 Å². The van der Waals surface area contributed by atoms with E-state index in [-0.39, 0.29) is 18.8 Å². The second-order valence-electron chi connectivity index (χ2n) is 4.49. The molecule has 0 atom stereocenters. The van der Waals surface area contributed by atoms with Crippen molar-refractivity contribution in [2.24, 2.45) is 0 Å². The third-order valence-corrected chi connectivity index (χ3v) is 2.75. The van der Waals surface area contributed by atoms with Crippen LogP contribution in [-0.2, 0) is 20.9 Å². The Labute approximate surface area is 118 Å². The number of imide groups is 1. The molecule has 1 aliphatic heterocycles. The number of nitrogens with zero attached hydrogens (tertiary/aromatic N) is 4. The molecule has 10 nitrogen and oxygen atoms in total. The normalized spacial score (nSPS) is 14.7. The summed E-state index contributed by atoms with van der Waals surface area (Å²) in [7, 11) is 1.47. The molecule has 112 valence electrons. The predicted molar refractivity (Wildman–Crippen MR) is 68.2 cm³/mol. The van der Waals surface area contributed by atoms with Crippen LogP contribution in [0.4, 0.5) is 10.5 Å². The summed E-state index contributed by atoms with van der Waals surface area (Å²) < 4.78 is 1.14. The molecule has 21 heavy (non-hydrogen) atoms. The first kappa shape index (κ1) is 14.5. The summed E-state index contributed by atoms with van der Waals surface area (Å²) in [6.07, 6.45) is 2.62. The molecular weight excluding hydrogens is 282 g/mol. The van der Waals surface area contributed by atoms with Gasteiger partial charge in [0.1, 0.15) is 19.6 Å². The average molecular weight is 295 g/mol. The van der Waals surface area contributed by atoms with Crippen molar-refractivity contribution in [3.05, 3.63) is 12.4 Å². The number of anilines is 1. The van der Waals surface area contributed by atoms with Crippen molar-refractivity contribution < 1.29 is 24.3 Å². The fourth-order valence-corrected chi connectivity index (χ4v) is 1.82. The van der Waals surface area contributed by atoms with Crippen molar-refractivity contribution >= 4 is 29.5 Å². The molecule has 1 fully saturated rings. The van der Waals surface area contributed by atoms with Crippen LogP contribution in [0.1, 0.15) is 0 Å². The van der Waals surface area contributed by atoms with E-state index < -0.39 is 30.4 Å². The van der Waals surface area contributed by atoms with Gasteiger partial charge in [0.15, 0.2) is 0 Å². The van der Waals surface area contributed by atoms with Crippen LogP contribution in [0.25, 0.3) is 0 Å². The minimum atomic E-state index is -1.06. The van der Waals surface area contributed by atoms with Gasteiger partial charge in [0.2, 0.25) is 5.91 Å². The Morgan fingerprint density at radius 1 is 1.38 bits per heavy atom. The maximum Gasteiger partial charge on any atom is 0.327 e. The lowest BCUT2D eigenvalue weighted by atomic mass is 10.4. The highest BCUT2D eigenvalue weighted by Gasteiger charge is 2.34. The maximum atomic E-state index is 11.8. The van der Waals surface area contributed by atoms with E-state index in [1.807, 2.05) is 0 Å². The molecule has 2 N–H and O–H groups in total. The number of urea groups is 1. The van der Waals surface area contributed by atoms with Crippen molar-refractivity contribution in [2.45, 2.75) is 6.54 Å². The number of likely N-dealkylation sites (N-methyl/N-ethyl adjacent to an activating group) is 1. The average Bonchev–Trinajstić information content (AvgIpc) is 2.89. The second kappa shape index (κ2) is 5.61. The van der Waals surface area contributed by atoms with E-state index in [2.05, 4.69) is 10.4 Å². The lowest BCUT2D eigenvalue weighted by Crippen LogP contribution is -2.38. The summed E-state index contributed by atoms with van der Waals surface area (Å²) in [5.74, 6) is -2.08. The Balaban J connectivity index is 1.93. The van der Waals surface area contributed by atoms with E-state index in [9.17, 15) is 19.2 Å². The number of carbonyl (C=O) groups excluding carboxylic acids is 3. The molecule has 1 saturated heterocycles. The second-order valence-corrected chi connectivity index (χ2v) is 4.49. The van der Waals surface area contributed by atoms with Gasteiger partial charge in [0, 0.05) is 13.2 Å². The smallest absolute Gasteiger partial charge is 0.327 e. The van der Waals surface area contributed by atoms with E-state index >= 15 is 0 Å². The Morgan fingerprint density at radius 2 is 2.10 bits per heavy atom. The Hall–Kier alpha value is -2.91. The zero-order valence-electron chi connectivity index (χ0n) is 11.1. The number of amides is 4. The molecule has 4 amide bonds. The Kier molecular flexibility index (Phi) is 3.87. The molecule has 1 aliphatic rings. The van der Waals surface area contributed by atoms with Crippen molar-refractivity contribution in [3.63, 3.8) is 0 Å². The van der Waals surface area contributed by atoms with Gasteiger partial charge in [-0.3, -0.25) is 24.0 Å². The van der Waals surface area contributed by atoms with Crippen molar-refractivity contribution in [3.8, 4) is 0 Å². The van der Waals surface area contributed by atoms with Crippen LogP contribution in [0.15, 0.2) is 12.4 Å². The highest BCUT2D eigenvalue weighted by Crippen LogP contribution is 2.09. The summed E-state index contributed by atoms with van der Waals surface area (Å²) in [6, 6.07) is -0.531. The largest absolute Gasteiger partial charge is 0.480 e. The van der Waals surface area contributed by atoms with Crippen LogP contribution < -0.4 is 5.32 Å². The molecule has 0 saturated carbocycles. The zero-order valence-corrected chi connectivity index (χ0v) is 11.1. The monoisotopic (exact) mass is 295 g/mol. The Bertz CT molecular complexity index is 610.